The minimum atomic E-state index is -1.87. The van der Waals surface area contributed by atoms with E-state index in [0.29, 0.717) is 24.1 Å². The fourth-order valence-corrected chi connectivity index (χ4v) is 8.64. The Morgan fingerprint density at radius 1 is 0.640 bits per heavy atom. The number of aromatic nitrogens is 2. The molecule has 0 bridgehead atoms. The van der Waals surface area contributed by atoms with Gasteiger partial charge in [0.25, 0.3) is 0 Å². The normalized spacial score (nSPS) is 15.0. The number of carboxylic acids is 1. The Morgan fingerprint density at radius 3 is 1.79 bits per heavy atom. The molecule has 0 saturated carbocycles. The van der Waals surface area contributed by atoms with E-state index < -0.39 is 145 Å². The van der Waals surface area contributed by atoms with Gasteiger partial charge in [0.1, 0.15) is 42.3 Å². The molecule has 3 rings (SSSR count). The van der Waals surface area contributed by atoms with Crippen LogP contribution in [0.5, 0.6) is 0 Å². The number of aliphatic hydroxyl groups excluding tert-OH is 2. The van der Waals surface area contributed by atoms with Gasteiger partial charge in [0, 0.05) is 44.4 Å². The number of carbonyl (C=O) groups is 10. The number of aliphatic hydroxyl groups is 2. The summed E-state index contributed by atoms with van der Waals surface area (Å²) in [5.41, 5.74) is 28.7. The van der Waals surface area contributed by atoms with Crippen LogP contribution in [-0.4, -0.2) is 195 Å². The summed E-state index contributed by atoms with van der Waals surface area (Å²) in [5, 5.41) is 52.9. The van der Waals surface area contributed by atoms with Gasteiger partial charge < -0.3 is 96.4 Å². The highest BCUT2D eigenvalue weighted by Crippen LogP contribution is 2.20. The van der Waals surface area contributed by atoms with E-state index in [4.69, 9.17) is 28.7 Å². The summed E-state index contributed by atoms with van der Waals surface area (Å²) in [4.78, 5) is 152. The van der Waals surface area contributed by atoms with Gasteiger partial charge in [-0.3, -0.25) is 53.1 Å². The van der Waals surface area contributed by atoms with E-state index in [1.807, 2.05) is 24.3 Å². The highest BCUT2D eigenvalue weighted by atomic mass is 16.4. The van der Waals surface area contributed by atoms with Crippen LogP contribution in [0.3, 0.4) is 0 Å². The zero-order chi connectivity index (χ0) is 64.4. The van der Waals surface area contributed by atoms with Crippen LogP contribution in [0.4, 0.5) is 0 Å². The van der Waals surface area contributed by atoms with Gasteiger partial charge in [-0.05, 0) is 68.2 Å². The molecule has 1 unspecified atom stereocenters. The van der Waals surface area contributed by atoms with Gasteiger partial charge in [-0.15, -0.1) is 0 Å². The van der Waals surface area contributed by atoms with Crippen molar-refractivity contribution in [3.05, 3.63) is 66.2 Å². The van der Waals surface area contributed by atoms with E-state index in [1.165, 1.54) is 19.4 Å². The van der Waals surface area contributed by atoms with Crippen molar-refractivity contribution < 1.29 is 63.3 Å². The lowest BCUT2D eigenvalue weighted by Gasteiger charge is -2.29. The molecule has 2 aromatic carbocycles. The van der Waals surface area contributed by atoms with Crippen molar-refractivity contribution in [1.82, 2.24) is 57.4 Å². The Bertz CT molecular complexity index is 2840. The van der Waals surface area contributed by atoms with E-state index in [2.05, 4.69) is 62.5 Å². The zero-order valence-electron chi connectivity index (χ0n) is 49.5. The van der Waals surface area contributed by atoms with Gasteiger partial charge in [-0.2, -0.15) is 0 Å². The average molecular weight is 1210 g/mol. The molecule has 22 N–H and O–H groups in total. The average Bonchev–Trinajstić information content (AvgIpc) is 2.57. The summed E-state index contributed by atoms with van der Waals surface area (Å²) in [7, 11) is 0. The third kappa shape index (κ3) is 23.6. The molecular formula is C55H86N18O13. The Morgan fingerprint density at radius 2 is 1.20 bits per heavy atom. The van der Waals surface area contributed by atoms with E-state index >= 15 is 0 Å². The van der Waals surface area contributed by atoms with E-state index in [-0.39, 0.29) is 57.2 Å². The number of hydrogen-bond donors (Lipinski definition) is 17. The van der Waals surface area contributed by atoms with Crippen molar-refractivity contribution in [1.29, 1.82) is 0 Å². The first-order valence-corrected chi connectivity index (χ1v) is 28.1. The molecule has 1 aromatic heterocycles. The fraction of sp³-hybridized carbons (Fsp3) is 0.545. The van der Waals surface area contributed by atoms with E-state index in [9.17, 15) is 63.3 Å². The van der Waals surface area contributed by atoms with Gasteiger partial charge >= 0.3 is 5.97 Å². The quantitative estimate of drug-likeness (QED) is 0.0148. The largest absolute Gasteiger partial charge is 0.480 e. The summed E-state index contributed by atoms with van der Waals surface area (Å²) < 4.78 is 0. The molecule has 31 nitrogen and oxygen atoms in total. The summed E-state index contributed by atoms with van der Waals surface area (Å²) in [6, 6.07) is 1.27. The van der Waals surface area contributed by atoms with Gasteiger partial charge in [-0.25, -0.2) is 9.78 Å². The number of H-pyrrole nitrogens is 1. The minimum absolute atomic E-state index is 0.0195. The molecule has 0 aliphatic heterocycles. The minimum Gasteiger partial charge on any atom is -0.480 e. The molecule has 0 radical (unpaired) electrons. The second-order valence-electron chi connectivity index (χ2n) is 21.2. The molecule has 86 heavy (non-hydrogen) atoms. The topological polar surface area (TPSA) is 514 Å². The lowest BCUT2D eigenvalue weighted by Crippen LogP contribution is -2.62. The number of amides is 9. The Balaban J connectivity index is 1.85. The molecule has 1 heterocycles. The van der Waals surface area contributed by atoms with Crippen molar-refractivity contribution in [2.75, 3.05) is 32.7 Å². The molecule has 3 aromatic rings. The number of nitrogens with zero attached hydrogens (tertiary/aromatic N) is 4. The maximum absolute atomic E-state index is 14.6. The Kier molecular flexibility index (Phi) is 29.3. The highest BCUT2D eigenvalue weighted by molar-refractivity contribution is 5.98. The smallest absolute Gasteiger partial charge is 0.326 e. The zero-order valence-corrected chi connectivity index (χ0v) is 49.5. The maximum Gasteiger partial charge on any atom is 0.326 e. The second kappa shape index (κ2) is 35.4. The molecule has 0 aliphatic carbocycles. The predicted octanol–water partition coefficient (Wildman–Crippen LogP) is -4.70. The number of guanidine groups is 2. The van der Waals surface area contributed by atoms with E-state index in [1.54, 1.807) is 45.9 Å². The number of carbonyl (C=O) groups excluding carboxylic acids is 9. The molecule has 9 amide bonds. The Labute approximate surface area is 498 Å². The number of aromatic amines is 1. The van der Waals surface area contributed by atoms with Crippen LogP contribution in [0.25, 0.3) is 10.8 Å². The van der Waals surface area contributed by atoms with Crippen LogP contribution >= 0.6 is 0 Å². The number of aliphatic imine (C=N–C) groups is 2. The fourth-order valence-electron chi connectivity index (χ4n) is 8.64. The Hall–Kier alpha value is -8.97. The van der Waals surface area contributed by atoms with E-state index in [0.717, 1.165) is 29.5 Å². The molecule has 474 valence electrons. The number of rotatable bonds is 36. The third-order valence-electron chi connectivity index (χ3n) is 13.8. The lowest BCUT2D eigenvalue weighted by molar-refractivity contribution is -0.144. The number of fused-ring (bicyclic) bond motifs is 1. The van der Waals surface area contributed by atoms with Gasteiger partial charge in [0.2, 0.25) is 53.2 Å². The molecular weight excluding hydrogens is 1120 g/mol. The number of benzene rings is 2. The van der Waals surface area contributed by atoms with Crippen molar-refractivity contribution in [2.45, 2.75) is 148 Å². The van der Waals surface area contributed by atoms with Crippen molar-refractivity contribution in [3.63, 3.8) is 0 Å². The highest BCUT2D eigenvalue weighted by Gasteiger charge is 2.37. The van der Waals surface area contributed by atoms with Gasteiger partial charge in [-0.1, -0.05) is 76.6 Å². The van der Waals surface area contributed by atoms with Crippen LogP contribution in [0.15, 0.2) is 65.0 Å². The first kappa shape index (κ1) is 71.3. The number of aliphatic carboxylic acids is 1. The standard InChI is InChI=1S/C55H86N18O13/c1-8-29(4)43(51(83)70-42(28(2)3)53(85)86)69-40(76)26-73(21-13-20-63-55(59)60)41(77)25-64-50(82)44(31(6)74)72-52(84)45(32(7)75)71-49(81)39(23-35-24-61-27-65-35)68-48(80)38(22-34-16-11-15-33-14-9-10-17-36(33)34)67-46(78)30(5)66-47(79)37(56)18-12-19-62-54(57)58/h9-11,14-17,24,27-32,37-39,42-45,74-75H,8,12-13,18-23,25-26,56H2,1-7H3,(H,61,65)(H,64,82)(H,66,79)(H,67,78)(H,68,80)(H,69,76)(H,70,83)(H,71,81)(H,72,84)(H,85,86)(H4,57,58,62)(H4,59,60,63)/t29?,30-,31+,32+,37-,38-,39-,42+,43-,44-,45-/m0/s1. The van der Waals surface area contributed by atoms with Crippen molar-refractivity contribution in [3.8, 4) is 0 Å². The monoisotopic (exact) mass is 1210 g/mol. The molecule has 0 fully saturated rings. The first-order valence-electron chi connectivity index (χ1n) is 28.1. The third-order valence-corrected chi connectivity index (χ3v) is 13.8. The van der Waals surface area contributed by atoms with Gasteiger partial charge in [0.15, 0.2) is 11.9 Å². The number of imidazole rings is 1. The van der Waals surface area contributed by atoms with Gasteiger partial charge in [0.05, 0.1) is 37.7 Å². The second-order valence-corrected chi connectivity index (χ2v) is 21.2. The summed E-state index contributed by atoms with van der Waals surface area (Å²) in [5.74, 6) is -10.7. The first-order chi connectivity index (χ1) is 40.5. The number of nitrogens with two attached hydrogens (primary N) is 5. The van der Waals surface area contributed by atoms with Crippen LogP contribution in [-0.2, 0) is 60.8 Å². The molecule has 0 spiro atoms. The molecule has 31 heteroatoms. The lowest BCUT2D eigenvalue weighted by atomic mass is 9.96. The summed E-state index contributed by atoms with van der Waals surface area (Å²) in [6.45, 7) is 8.91. The van der Waals surface area contributed by atoms with Crippen LogP contribution in [0.2, 0.25) is 0 Å². The summed E-state index contributed by atoms with van der Waals surface area (Å²) in [6.07, 6.45) is -0.0413. The van der Waals surface area contributed by atoms with Crippen LogP contribution in [0.1, 0.15) is 85.4 Å². The predicted molar refractivity (Wildman–Crippen MR) is 317 cm³/mol. The number of hydrogen-bond acceptors (Lipinski definition) is 16. The van der Waals surface area contributed by atoms with Crippen LogP contribution in [0, 0.1) is 11.8 Å². The van der Waals surface area contributed by atoms with Crippen molar-refractivity contribution in [2.24, 2.45) is 50.5 Å². The molecule has 11 atom stereocenters. The number of nitrogens with one attached hydrogen (secondary N) is 9. The van der Waals surface area contributed by atoms with Crippen molar-refractivity contribution >= 4 is 81.8 Å². The van der Waals surface area contributed by atoms with Crippen LogP contribution < -0.4 is 71.2 Å². The molecule has 0 saturated heterocycles. The maximum atomic E-state index is 14.6. The summed E-state index contributed by atoms with van der Waals surface area (Å²) >= 11 is 0. The number of carboxylic acid groups (broad SMARTS) is 1. The molecule has 0 aliphatic rings. The SMILES string of the molecule is CCC(C)[C@H](NC(=O)CN(CCCN=C(N)N)C(=O)CNC(=O)[C@@H](NC(=O)[C@@H](NC(=O)[C@H](Cc1cnc[nH]1)NC(=O)[C@H](Cc1cccc2ccccc12)NC(=O)[C@H](C)NC(=O)[C@@H](N)CCCN=C(N)N)[C@@H](C)O)[C@@H](C)O)C(=O)N[C@@H](C(=O)O)C(C)C.